The topological polar surface area (TPSA) is 0 Å². The highest BCUT2D eigenvalue weighted by Crippen LogP contribution is 2.20. The predicted octanol–water partition coefficient (Wildman–Crippen LogP) is 3.90. The maximum Gasteiger partial charge on any atom is 0.0548 e. The standard InChI is InChI=1S/C6H4BrCl.C2H4/c7-5-3-1-2-4-6(5)8;1-2/h1-4H;1-2H2. The Morgan fingerprint density at radius 1 is 1.20 bits per heavy atom. The van der Waals surface area contributed by atoms with Crippen LogP contribution in [0.25, 0.3) is 0 Å². The van der Waals surface area contributed by atoms with E-state index in [9.17, 15) is 0 Å². The summed E-state index contributed by atoms with van der Waals surface area (Å²) >= 11 is 8.93. The van der Waals surface area contributed by atoms with E-state index in [1.807, 2.05) is 24.3 Å². The van der Waals surface area contributed by atoms with Crippen LogP contribution in [-0.2, 0) is 0 Å². The van der Waals surface area contributed by atoms with E-state index in [1.165, 1.54) is 0 Å². The molecular formula is C8H8BrCl. The number of hydrogen-bond acceptors (Lipinski definition) is 0. The number of benzene rings is 1. The summed E-state index contributed by atoms with van der Waals surface area (Å²) < 4.78 is 0.946. The van der Waals surface area contributed by atoms with Crippen LogP contribution in [0.15, 0.2) is 41.9 Å². The lowest BCUT2D eigenvalue weighted by Crippen LogP contribution is -1.62. The van der Waals surface area contributed by atoms with Crippen LogP contribution < -0.4 is 0 Å². The van der Waals surface area contributed by atoms with Gasteiger partial charge in [-0.1, -0.05) is 23.7 Å². The Labute approximate surface area is 74.6 Å². The second-order valence-electron chi connectivity index (χ2n) is 1.41. The molecule has 0 unspecified atom stereocenters. The van der Waals surface area contributed by atoms with E-state index in [4.69, 9.17) is 11.6 Å². The van der Waals surface area contributed by atoms with Gasteiger partial charge in [0.05, 0.1) is 5.02 Å². The Hall–Kier alpha value is -0.270. The second-order valence-corrected chi connectivity index (χ2v) is 2.68. The van der Waals surface area contributed by atoms with E-state index in [0.717, 1.165) is 9.50 Å². The molecule has 1 aromatic carbocycles. The van der Waals surface area contributed by atoms with Gasteiger partial charge in [0, 0.05) is 4.47 Å². The zero-order valence-electron chi connectivity index (χ0n) is 5.48. The largest absolute Gasteiger partial charge is 0.106 e. The van der Waals surface area contributed by atoms with E-state index >= 15 is 0 Å². The van der Waals surface area contributed by atoms with Gasteiger partial charge < -0.3 is 0 Å². The summed E-state index contributed by atoms with van der Waals surface area (Å²) in [6.45, 7) is 6.00. The van der Waals surface area contributed by atoms with Gasteiger partial charge in [0.15, 0.2) is 0 Å². The van der Waals surface area contributed by atoms with Crippen molar-refractivity contribution in [3.05, 3.63) is 46.9 Å². The molecule has 1 rings (SSSR count). The number of rotatable bonds is 0. The minimum Gasteiger partial charge on any atom is -0.106 e. The molecule has 0 aliphatic rings. The number of hydrogen-bond donors (Lipinski definition) is 0. The van der Waals surface area contributed by atoms with Crippen molar-refractivity contribution < 1.29 is 0 Å². The molecule has 0 aromatic heterocycles. The zero-order chi connectivity index (χ0) is 7.98. The fourth-order valence-electron chi connectivity index (χ4n) is 0.439. The summed E-state index contributed by atoms with van der Waals surface area (Å²) in [5.74, 6) is 0. The molecule has 10 heavy (non-hydrogen) atoms. The molecule has 0 saturated carbocycles. The maximum absolute atomic E-state index is 5.66. The van der Waals surface area contributed by atoms with Crippen molar-refractivity contribution in [2.24, 2.45) is 0 Å². The SMILES string of the molecule is C=C.Clc1ccccc1Br. The molecule has 0 bridgehead atoms. The molecule has 0 saturated heterocycles. The van der Waals surface area contributed by atoms with Gasteiger partial charge in [-0.2, -0.15) is 0 Å². The summed E-state index contributed by atoms with van der Waals surface area (Å²) in [6, 6.07) is 7.57. The van der Waals surface area contributed by atoms with Gasteiger partial charge in [-0.25, -0.2) is 0 Å². The minimum atomic E-state index is 0.757. The first-order valence-corrected chi connectivity index (χ1v) is 3.88. The van der Waals surface area contributed by atoms with Crippen LogP contribution in [-0.4, -0.2) is 0 Å². The molecule has 0 nitrogen and oxygen atoms in total. The average molecular weight is 220 g/mol. The Morgan fingerprint density at radius 3 is 2.00 bits per heavy atom. The molecule has 54 valence electrons. The molecule has 0 heterocycles. The fourth-order valence-corrected chi connectivity index (χ4v) is 0.860. The van der Waals surface area contributed by atoms with Crippen molar-refractivity contribution in [1.82, 2.24) is 0 Å². The first-order valence-electron chi connectivity index (χ1n) is 2.71. The van der Waals surface area contributed by atoms with Crippen LogP contribution in [0.2, 0.25) is 5.02 Å². The first-order chi connectivity index (χ1) is 4.80. The normalized spacial score (nSPS) is 7.80. The van der Waals surface area contributed by atoms with Gasteiger partial charge >= 0.3 is 0 Å². The van der Waals surface area contributed by atoms with E-state index in [2.05, 4.69) is 29.1 Å². The second kappa shape index (κ2) is 5.51. The molecule has 0 spiro atoms. The van der Waals surface area contributed by atoms with Crippen molar-refractivity contribution >= 4 is 27.5 Å². The van der Waals surface area contributed by atoms with Crippen LogP contribution >= 0.6 is 27.5 Å². The molecule has 0 aliphatic carbocycles. The van der Waals surface area contributed by atoms with Crippen LogP contribution in [0, 0.1) is 0 Å². The Morgan fingerprint density at radius 2 is 1.70 bits per heavy atom. The molecular weight excluding hydrogens is 211 g/mol. The van der Waals surface area contributed by atoms with Gasteiger partial charge in [0.2, 0.25) is 0 Å². The molecule has 0 radical (unpaired) electrons. The summed E-state index contributed by atoms with van der Waals surface area (Å²) in [5.41, 5.74) is 0. The maximum atomic E-state index is 5.66. The van der Waals surface area contributed by atoms with E-state index in [1.54, 1.807) is 0 Å². The smallest absolute Gasteiger partial charge is 0.0548 e. The van der Waals surface area contributed by atoms with Crippen molar-refractivity contribution in [2.75, 3.05) is 0 Å². The van der Waals surface area contributed by atoms with Crippen molar-refractivity contribution in [3.8, 4) is 0 Å². The lowest BCUT2D eigenvalue weighted by Gasteiger charge is -1.88. The minimum absolute atomic E-state index is 0.757. The first kappa shape index (κ1) is 9.73. The van der Waals surface area contributed by atoms with Gasteiger partial charge in [-0.05, 0) is 28.1 Å². The van der Waals surface area contributed by atoms with Gasteiger partial charge in [0.25, 0.3) is 0 Å². The highest BCUT2D eigenvalue weighted by molar-refractivity contribution is 9.10. The van der Waals surface area contributed by atoms with E-state index < -0.39 is 0 Å². The van der Waals surface area contributed by atoms with Crippen molar-refractivity contribution in [1.29, 1.82) is 0 Å². The Kier molecular flexibility index (Phi) is 5.36. The van der Waals surface area contributed by atoms with Crippen molar-refractivity contribution in [2.45, 2.75) is 0 Å². The van der Waals surface area contributed by atoms with Gasteiger partial charge in [-0.15, -0.1) is 13.2 Å². The van der Waals surface area contributed by atoms with Crippen LogP contribution in [0.3, 0.4) is 0 Å². The molecule has 0 fully saturated rings. The highest BCUT2D eigenvalue weighted by Gasteiger charge is 1.88. The third-order valence-corrected chi connectivity index (χ3v) is 2.07. The summed E-state index contributed by atoms with van der Waals surface area (Å²) in [4.78, 5) is 0. The quantitative estimate of drug-likeness (QED) is 0.581. The summed E-state index contributed by atoms with van der Waals surface area (Å²) in [6.07, 6.45) is 0. The monoisotopic (exact) mass is 218 g/mol. The van der Waals surface area contributed by atoms with Gasteiger partial charge in [-0.3, -0.25) is 0 Å². The molecule has 0 atom stereocenters. The third-order valence-electron chi connectivity index (χ3n) is 0.824. The lowest BCUT2D eigenvalue weighted by atomic mass is 10.4. The predicted molar refractivity (Wildman–Crippen MR) is 50.4 cm³/mol. The molecule has 0 amide bonds. The zero-order valence-corrected chi connectivity index (χ0v) is 7.82. The van der Waals surface area contributed by atoms with E-state index in [0.29, 0.717) is 0 Å². The van der Waals surface area contributed by atoms with Crippen LogP contribution in [0.4, 0.5) is 0 Å². The number of halogens is 2. The average Bonchev–Trinajstić information content (AvgIpc) is 2.00. The molecule has 0 N–H and O–H groups in total. The third kappa shape index (κ3) is 3.04. The van der Waals surface area contributed by atoms with Crippen molar-refractivity contribution in [3.63, 3.8) is 0 Å². The highest BCUT2D eigenvalue weighted by atomic mass is 79.9. The van der Waals surface area contributed by atoms with Gasteiger partial charge in [0.1, 0.15) is 0 Å². The Bertz CT molecular complexity index is 177. The fraction of sp³-hybridized carbons (Fsp3) is 0. The Balaban J connectivity index is 0.000000371. The summed E-state index contributed by atoms with van der Waals surface area (Å²) in [7, 11) is 0. The van der Waals surface area contributed by atoms with E-state index in [-0.39, 0.29) is 0 Å². The molecule has 2 heteroatoms. The molecule has 1 aromatic rings. The summed E-state index contributed by atoms with van der Waals surface area (Å²) in [5, 5.41) is 0.757. The lowest BCUT2D eigenvalue weighted by molar-refractivity contribution is 1.65. The van der Waals surface area contributed by atoms with Crippen LogP contribution in [0.1, 0.15) is 0 Å². The van der Waals surface area contributed by atoms with Crippen LogP contribution in [0.5, 0.6) is 0 Å². The molecule has 0 aliphatic heterocycles.